The van der Waals surface area contributed by atoms with Crippen molar-refractivity contribution in [3.05, 3.63) is 82.2 Å². The maximum atomic E-state index is 12.1. The maximum Gasteiger partial charge on any atom is 0.379 e. The van der Waals surface area contributed by atoms with Crippen LogP contribution in [-0.4, -0.2) is 13.1 Å². The summed E-state index contributed by atoms with van der Waals surface area (Å²) < 4.78 is 16.1. The van der Waals surface area contributed by atoms with Gasteiger partial charge in [-0.2, -0.15) is 5.26 Å². The molecule has 0 radical (unpaired) electrons. The number of nitriles is 1. The molecular formula is C21H14BrNO4. The van der Waals surface area contributed by atoms with Crippen LogP contribution in [-0.2, 0) is 0 Å². The Kier molecular flexibility index (Phi) is 5.74. The molecule has 0 aliphatic rings. The van der Waals surface area contributed by atoms with Gasteiger partial charge in [0.15, 0.2) is 4.67 Å². The van der Waals surface area contributed by atoms with E-state index in [2.05, 4.69) is 22.0 Å². The fourth-order valence-electron chi connectivity index (χ4n) is 2.37. The monoisotopic (exact) mass is 423 g/mol. The van der Waals surface area contributed by atoms with Crippen LogP contribution >= 0.6 is 15.9 Å². The van der Waals surface area contributed by atoms with E-state index in [1.165, 1.54) is 6.07 Å². The van der Waals surface area contributed by atoms with Gasteiger partial charge in [-0.25, -0.2) is 4.79 Å². The highest BCUT2D eigenvalue weighted by Crippen LogP contribution is 2.23. The highest BCUT2D eigenvalue weighted by molar-refractivity contribution is 9.10. The normalized spacial score (nSPS) is 10.9. The number of carbonyl (C=O) groups is 1. The molecular weight excluding hydrogens is 410 g/mol. The highest BCUT2D eigenvalue weighted by atomic mass is 79.9. The Labute approximate surface area is 164 Å². The van der Waals surface area contributed by atoms with Crippen molar-refractivity contribution >= 4 is 33.5 Å². The van der Waals surface area contributed by atoms with Crippen molar-refractivity contribution in [2.45, 2.75) is 0 Å². The summed E-state index contributed by atoms with van der Waals surface area (Å²) in [6.45, 7) is 0. The number of benzene rings is 2. The van der Waals surface area contributed by atoms with E-state index in [0.29, 0.717) is 16.0 Å². The topological polar surface area (TPSA) is 72.5 Å². The third-order valence-electron chi connectivity index (χ3n) is 3.68. The molecule has 0 unspecified atom stereocenters. The van der Waals surface area contributed by atoms with Crippen molar-refractivity contribution in [2.75, 3.05) is 7.11 Å². The van der Waals surface area contributed by atoms with Crippen molar-refractivity contribution in [3.8, 4) is 17.6 Å². The number of ether oxygens (including phenoxy) is 2. The number of halogens is 1. The largest absolute Gasteiger partial charge is 0.497 e. The number of rotatable bonds is 5. The maximum absolute atomic E-state index is 12.1. The number of furan rings is 1. The predicted molar refractivity (Wildman–Crippen MR) is 104 cm³/mol. The van der Waals surface area contributed by atoms with E-state index in [1.807, 2.05) is 18.2 Å². The van der Waals surface area contributed by atoms with Gasteiger partial charge in [0.05, 0.1) is 18.8 Å². The second-order valence-corrected chi connectivity index (χ2v) is 6.25. The summed E-state index contributed by atoms with van der Waals surface area (Å²) in [6, 6.07) is 19.4. The molecule has 1 aromatic heterocycles. The van der Waals surface area contributed by atoms with Gasteiger partial charge in [-0.05, 0) is 81.7 Å². The molecule has 27 heavy (non-hydrogen) atoms. The quantitative estimate of drug-likeness (QED) is 0.240. The Bertz CT molecular complexity index is 1030. The van der Waals surface area contributed by atoms with Crippen LogP contribution in [0.15, 0.2) is 69.8 Å². The lowest BCUT2D eigenvalue weighted by Crippen LogP contribution is -2.07. The van der Waals surface area contributed by atoms with Crippen LogP contribution in [0.4, 0.5) is 0 Å². The second kappa shape index (κ2) is 8.39. The molecule has 1 heterocycles. The third-order valence-corrected chi connectivity index (χ3v) is 4.10. The number of carbonyl (C=O) groups excluding carboxylic acids is 1. The first-order chi connectivity index (χ1) is 13.1. The molecule has 0 saturated heterocycles. The van der Waals surface area contributed by atoms with Crippen LogP contribution in [0.1, 0.15) is 21.7 Å². The number of hydrogen-bond donors (Lipinski definition) is 0. The van der Waals surface area contributed by atoms with Crippen LogP contribution in [0.25, 0.3) is 11.6 Å². The van der Waals surface area contributed by atoms with Crippen LogP contribution in [0, 0.1) is 11.3 Å². The highest BCUT2D eigenvalue weighted by Gasteiger charge is 2.13. The Morgan fingerprint density at radius 2 is 1.89 bits per heavy atom. The molecule has 0 N–H and O–H groups in total. The summed E-state index contributed by atoms with van der Waals surface area (Å²) in [5.41, 5.74) is 1.98. The molecule has 2 aromatic carbocycles. The molecule has 0 fully saturated rings. The fraction of sp³-hybridized carbons (Fsp3) is 0.0476. The zero-order valence-corrected chi connectivity index (χ0v) is 15.9. The number of allylic oxidation sites excluding steroid dienone is 1. The number of hydrogen-bond acceptors (Lipinski definition) is 5. The molecule has 0 atom stereocenters. The van der Waals surface area contributed by atoms with Crippen molar-refractivity contribution in [3.63, 3.8) is 0 Å². The number of methoxy groups -OCH3 is 1. The molecule has 6 heteroatoms. The lowest BCUT2D eigenvalue weighted by molar-refractivity contribution is 0.0700. The first-order valence-electron chi connectivity index (χ1n) is 7.93. The number of esters is 1. The minimum absolute atomic E-state index is 0.0961. The molecule has 0 saturated carbocycles. The third kappa shape index (κ3) is 4.66. The van der Waals surface area contributed by atoms with Crippen molar-refractivity contribution in [1.82, 2.24) is 0 Å². The molecule has 0 bridgehead atoms. The van der Waals surface area contributed by atoms with Gasteiger partial charge < -0.3 is 13.9 Å². The summed E-state index contributed by atoms with van der Waals surface area (Å²) in [6.07, 6.45) is 1.72. The van der Waals surface area contributed by atoms with Gasteiger partial charge in [0, 0.05) is 0 Å². The van der Waals surface area contributed by atoms with Gasteiger partial charge in [-0.15, -0.1) is 0 Å². The van der Waals surface area contributed by atoms with Crippen LogP contribution in [0.3, 0.4) is 0 Å². The van der Waals surface area contributed by atoms with Crippen molar-refractivity contribution in [2.24, 2.45) is 0 Å². The Morgan fingerprint density at radius 3 is 2.52 bits per heavy atom. The van der Waals surface area contributed by atoms with Crippen LogP contribution in [0.2, 0.25) is 0 Å². The Balaban J connectivity index is 1.82. The summed E-state index contributed by atoms with van der Waals surface area (Å²) >= 11 is 3.14. The lowest BCUT2D eigenvalue weighted by atomic mass is 10.0. The van der Waals surface area contributed by atoms with E-state index in [1.54, 1.807) is 49.6 Å². The zero-order valence-electron chi connectivity index (χ0n) is 14.3. The Morgan fingerprint density at radius 1 is 1.11 bits per heavy atom. The van der Waals surface area contributed by atoms with Gasteiger partial charge in [-0.3, -0.25) is 0 Å². The van der Waals surface area contributed by atoms with Crippen LogP contribution < -0.4 is 9.47 Å². The van der Waals surface area contributed by atoms with E-state index in [4.69, 9.17) is 13.9 Å². The molecule has 0 aliphatic carbocycles. The molecule has 134 valence electrons. The summed E-state index contributed by atoms with van der Waals surface area (Å²) in [5, 5.41) is 9.48. The van der Waals surface area contributed by atoms with Gasteiger partial charge >= 0.3 is 5.97 Å². The molecule has 3 aromatic rings. The fourth-order valence-corrected chi connectivity index (χ4v) is 2.67. The Hall–Kier alpha value is -3.30. The lowest BCUT2D eigenvalue weighted by Gasteiger charge is -2.05. The van der Waals surface area contributed by atoms with E-state index in [0.717, 1.165) is 16.9 Å². The molecule has 0 spiro atoms. The molecule has 0 amide bonds. The minimum Gasteiger partial charge on any atom is -0.497 e. The zero-order chi connectivity index (χ0) is 19.2. The van der Waals surface area contributed by atoms with Crippen LogP contribution in [0.5, 0.6) is 11.5 Å². The van der Waals surface area contributed by atoms with E-state index in [-0.39, 0.29) is 5.76 Å². The van der Waals surface area contributed by atoms with Gasteiger partial charge in [0.1, 0.15) is 11.5 Å². The first kappa shape index (κ1) is 18.5. The molecule has 3 rings (SSSR count). The van der Waals surface area contributed by atoms with Gasteiger partial charge in [0.25, 0.3) is 0 Å². The SMILES string of the molecule is COc1ccc(/C(C#N)=C\c2cccc(OC(=O)c3ccc(Br)o3)c2)cc1. The first-order valence-corrected chi connectivity index (χ1v) is 8.72. The standard InChI is InChI=1S/C21H14BrNO4/c1-25-17-7-5-15(6-8-17)16(13-23)11-14-3-2-4-18(12-14)26-21(24)19-9-10-20(22)27-19/h2-12H,1H3/b16-11-. The smallest absolute Gasteiger partial charge is 0.379 e. The average molecular weight is 424 g/mol. The van der Waals surface area contributed by atoms with E-state index >= 15 is 0 Å². The van der Waals surface area contributed by atoms with Crippen molar-refractivity contribution in [1.29, 1.82) is 5.26 Å². The molecule has 0 aliphatic heterocycles. The predicted octanol–water partition coefficient (Wildman–Crippen LogP) is 5.33. The van der Waals surface area contributed by atoms with E-state index < -0.39 is 5.97 Å². The van der Waals surface area contributed by atoms with Gasteiger partial charge in [-0.1, -0.05) is 12.1 Å². The summed E-state index contributed by atoms with van der Waals surface area (Å²) in [7, 11) is 1.59. The summed E-state index contributed by atoms with van der Waals surface area (Å²) in [5.74, 6) is 0.569. The minimum atomic E-state index is -0.600. The van der Waals surface area contributed by atoms with E-state index in [9.17, 15) is 10.1 Å². The van der Waals surface area contributed by atoms with Gasteiger partial charge in [0.2, 0.25) is 5.76 Å². The number of nitrogens with zero attached hydrogens (tertiary/aromatic N) is 1. The summed E-state index contributed by atoms with van der Waals surface area (Å²) in [4.78, 5) is 12.1. The van der Waals surface area contributed by atoms with Crippen molar-refractivity contribution < 1.29 is 18.7 Å². The average Bonchev–Trinajstić information content (AvgIpc) is 3.13. The molecule has 5 nitrogen and oxygen atoms in total. The second-order valence-electron chi connectivity index (χ2n) is 5.46.